The number of ether oxygens (including phenoxy) is 3. The molecule has 0 N–H and O–H groups in total. The fraction of sp³-hybridized carbons (Fsp3) is 0.136. The Balaban J connectivity index is 1.63. The van der Waals surface area contributed by atoms with Gasteiger partial charge in [0.2, 0.25) is 0 Å². The summed E-state index contributed by atoms with van der Waals surface area (Å²) in [7, 11) is 1.54. The third-order valence-corrected chi connectivity index (χ3v) is 4.17. The van der Waals surface area contributed by atoms with Gasteiger partial charge in [0, 0.05) is 5.02 Å². The van der Waals surface area contributed by atoms with Gasteiger partial charge in [0.1, 0.15) is 13.2 Å². The van der Waals surface area contributed by atoms with Crippen LogP contribution in [0.25, 0.3) is 0 Å². The van der Waals surface area contributed by atoms with E-state index in [1.807, 2.05) is 42.5 Å². The quantitative estimate of drug-likeness (QED) is 0.521. The van der Waals surface area contributed by atoms with Gasteiger partial charge in [0.15, 0.2) is 11.5 Å². The molecule has 0 unspecified atom stereocenters. The molecule has 3 aromatic rings. The third kappa shape index (κ3) is 5.25. The molecule has 5 heteroatoms. The molecule has 0 amide bonds. The van der Waals surface area contributed by atoms with Gasteiger partial charge in [0.05, 0.1) is 12.7 Å². The van der Waals surface area contributed by atoms with Gasteiger partial charge in [-0.2, -0.15) is 0 Å². The van der Waals surface area contributed by atoms with Crippen LogP contribution in [0.1, 0.15) is 21.5 Å². The van der Waals surface area contributed by atoms with Crippen LogP contribution < -0.4 is 9.47 Å². The van der Waals surface area contributed by atoms with Crippen LogP contribution in [0, 0.1) is 0 Å². The first kappa shape index (κ1) is 18.8. The summed E-state index contributed by atoms with van der Waals surface area (Å²) in [5, 5.41) is 0.640. The molecule has 0 saturated heterocycles. The van der Waals surface area contributed by atoms with Crippen molar-refractivity contribution in [3.8, 4) is 11.5 Å². The predicted octanol–water partition coefficient (Wildman–Crippen LogP) is 5.28. The molecule has 0 atom stereocenters. The molecule has 0 bridgehead atoms. The number of rotatable bonds is 7. The highest BCUT2D eigenvalue weighted by Crippen LogP contribution is 2.29. The molecular weight excluding hydrogens is 364 g/mol. The fourth-order valence-corrected chi connectivity index (χ4v) is 2.59. The lowest BCUT2D eigenvalue weighted by atomic mass is 10.2. The highest BCUT2D eigenvalue weighted by atomic mass is 35.5. The highest BCUT2D eigenvalue weighted by Gasteiger charge is 2.13. The molecule has 0 radical (unpaired) electrons. The number of methoxy groups -OCH3 is 1. The summed E-state index contributed by atoms with van der Waals surface area (Å²) in [5.41, 5.74) is 2.31. The SMILES string of the molecule is COc1cc(C(=O)OCc2ccc(Cl)cc2)ccc1OCc1ccccc1. The number of benzene rings is 3. The highest BCUT2D eigenvalue weighted by molar-refractivity contribution is 6.30. The summed E-state index contributed by atoms with van der Waals surface area (Å²) in [5.74, 6) is 0.611. The van der Waals surface area contributed by atoms with E-state index < -0.39 is 5.97 Å². The first-order valence-corrected chi connectivity index (χ1v) is 8.80. The predicted molar refractivity (Wildman–Crippen MR) is 104 cm³/mol. The van der Waals surface area contributed by atoms with Gasteiger partial charge in [-0.15, -0.1) is 0 Å². The Hall–Kier alpha value is -2.98. The zero-order valence-electron chi connectivity index (χ0n) is 14.9. The number of hydrogen-bond donors (Lipinski definition) is 0. The second kappa shape index (κ2) is 9.10. The molecule has 3 aromatic carbocycles. The molecule has 3 rings (SSSR count). The number of halogens is 1. The maximum absolute atomic E-state index is 12.3. The van der Waals surface area contributed by atoms with Gasteiger partial charge in [-0.1, -0.05) is 54.1 Å². The van der Waals surface area contributed by atoms with Crippen LogP contribution in [0.4, 0.5) is 0 Å². The second-order valence-electron chi connectivity index (χ2n) is 5.84. The van der Waals surface area contributed by atoms with Crippen molar-refractivity contribution in [2.45, 2.75) is 13.2 Å². The average Bonchev–Trinajstić information content (AvgIpc) is 2.72. The van der Waals surface area contributed by atoms with Crippen LogP contribution in [0.3, 0.4) is 0 Å². The molecule has 0 aromatic heterocycles. The van der Waals surface area contributed by atoms with E-state index in [1.165, 1.54) is 7.11 Å². The van der Waals surface area contributed by atoms with E-state index in [4.69, 9.17) is 25.8 Å². The van der Waals surface area contributed by atoms with E-state index in [0.717, 1.165) is 11.1 Å². The van der Waals surface area contributed by atoms with Crippen LogP contribution in [0.15, 0.2) is 72.8 Å². The van der Waals surface area contributed by atoms with E-state index in [2.05, 4.69) is 0 Å². The van der Waals surface area contributed by atoms with Crippen molar-refractivity contribution >= 4 is 17.6 Å². The van der Waals surface area contributed by atoms with E-state index >= 15 is 0 Å². The van der Waals surface area contributed by atoms with Crippen molar-refractivity contribution < 1.29 is 19.0 Å². The Bertz CT molecular complexity index is 892. The van der Waals surface area contributed by atoms with Gasteiger partial charge in [-0.05, 0) is 41.5 Å². The minimum absolute atomic E-state index is 0.171. The van der Waals surface area contributed by atoms with Gasteiger partial charge in [0.25, 0.3) is 0 Å². The Morgan fingerprint density at radius 1 is 0.852 bits per heavy atom. The maximum Gasteiger partial charge on any atom is 0.338 e. The van der Waals surface area contributed by atoms with Crippen LogP contribution in [-0.2, 0) is 18.0 Å². The Kier molecular flexibility index (Phi) is 6.34. The first-order valence-electron chi connectivity index (χ1n) is 8.42. The minimum Gasteiger partial charge on any atom is -0.493 e. The molecule has 27 heavy (non-hydrogen) atoms. The van der Waals surface area contributed by atoms with Crippen LogP contribution in [-0.4, -0.2) is 13.1 Å². The lowest BCUT2D eigenvalue weighted by Gasteiger charge is -2.12. The summed E-state index contributed by atoms with van der Waals surface area (Å²) < 4.78 is 16.5. The topological polar surface area (TPSA) is 44.8 Å². The zero-order valence-corrected chi connectivity index (χ0v) is 15.6. The van der Waals surface area contributed by atoms with Gasteiger partial charge in [-0.3, -0.25) is 0 Å². The minimum atomic E-state index is -0.433. The Morgan fingerprint density at radius 2 is 1.56 bits per heavy atom. The molecule has 0 spiro atoms. The summed E-state index contributed by atoms with van der Waals surface area (Å²) in [4.78, 5) is 12.3. The number of carbonyl (C=O) groups is 1. The molecule has 0 aliphatic heterocycles. The summed E-state index contributed by atoms with van der Waals surface area (Å²) in [6, 6.07) is 22.0. The van der Waals surface area contributed by atoms with Crippen molar-refractivity contribution in [1.29, 1.82) is 0 Å². The van der Waals surface area contributed by atoms with Crippen LogP contribution in [0.2, 0.25) is 5.02 Å². The molecular formula is C22H19ClO4. The zero-order chi connectivity index (χ0) is 19.1. The molecule has 0 aliphatic rings. The number of esters is 1. The summed E-state index contributed by atoms with van der Waals surface area (Å²) in [6.07, 6.45) is 0. The van der Waals surface area contributed by atoms with Crippen molar-refractivity contribution in [2.75, 3.05) is 7.11 Å². The molecule has 0 heterocycles. The Morgan fingerprint density at radius 3 is 2.26 bits per heavy atom. The fourth-order valence-electron chi connectivity index (χ4n) is 2.46. The summed E-state index contributed by atoms with van der Waals surface area (Å²) >= 11 is 5.85. The van der Waals surface area contributed by atoms with Crippen molar-refractivity contribution in [1.82, 2.24) is 0 Å². The standard InChI is InChI=1S/C22H19ClO4/c1-25-21-13-18(22(24)27-15-17-7-10-19(23)11-8-17)9-12-20(21)26-14-16-5-3-2-4-6-16/h2-13H,14-15H2,1H3. The monoisotopic (exact) mass is 382 g/mol. The first-order chi connectivity index (χ1) is 13.2. The van der Waals surface area contributed by atoms with Gasteiger partial charge < -0.3 is 14.2 Å². The average molecular weight is 383 g/mol. The molecule has 4 nitrogen and oxygen atoms in total. The van der Waals surface area contributed by atoms with Crippen molar-refractivity contribution in [2.24, 2.45) is 0 Å². The van der Waals surface area contributed by atoms with Gasteiger partial charge in [-0.25, -0.2) is 4.79 Å². The van der Waals surface area contributed by atoms with E-state index in [1.54, 1.807) is 30.3 Å². The summed E-state index contributed by atoms with van der Waals surface area (Å²) in [6.45, 7) is 0.585. The van der Waals surface area contributed by atoms with E-state index in [0.29, 0.717) is 28.7 Å². The molecule has 138 valence electrons. The second-order valence-corrected chi connectivity index (χ2v) is 6.28. The van der Waals surface area contributed by atoms with E-state index in [-0.39, 0.29) is 6.61 Å². The van der Waals surface area contributed by atoms with Crippen molar-refractivity contribution in [3.05, 3.63) is 94.5 Å². The van der Waals surface area contributed by atoms with Crippen molar-refractivity contribution in [3.63, 3.8) is 0 Å². The molecule has 0 fully saturated rings. The number of carbonyl (C=O) groups excluding carboxylic acids is 1. The lowest BCUT2D eigenvalue weighted by Crippen LogP contribution is -2.06. The smallest absolute Gasteiger partial charge is 0.338 e. The van der Waals surface area contributed by atoms with Crippen LogP contribution >= 0.6 is 11.6 Å². The Labute approximate surface area is 163 Å². The van der Waals surface area contributed by atoms with E-state index in [9.17, 15) is 4.79 Å². The molecule has 0 saturated carbocycles. The maximum atomic E-state index is 12.3. The van der Waals surface area contributed by atoms with Gasteiger partial charge >= 0.3 is 5.97 Å². The third-order valence-electron chi connectivity index (χ3n) is 3.92. The number of hydrogen-bond acceptors (Lipinski definition) is 4. The lowest BCUT2D eigenvalue weighted by molar-refractivity contribution is 0.0472. The van der Waals surface area contributed by atoms with Crippen LogP contribution in [0.5, 0.6) is 11.5 Å². The normalized spacial score (nSPS) is 10.3. The largest absolute Gasteiger partial charge is 0.493 e. The molecule has 0 aliphatic carbocycles.